The number of aliphatic hydroxyl groups excluding tert-OH is 1. The van der Waals surface area contributed by atoms with Gasteiger partial charge in [0.15, 0.2) is 0 Å². The molecule has 0 spiro atoms. The lowest BCUT2D eigenvalue weighted by Gasteiger charge is -2.17. The molecule has 1 atom stereocenters. The zero-order valence-electron chi connectivity index (χ0n) is 17.5. The molecule has 0 saturated carbocycles. The standard InChI is InChI=1S/C24H25FN4O2S/c25-19-7-6-17-10-18(13-27-21(15-30)12-20-14-26-16-28-20)24(29-23(17)11-19)31-8-9-32-22-4-2-1-3-5-22/h1-7,10-11,14,16,21,27,30H,8-9,12-13,15H2,(H,26,28)/t21-/m0/s1. The van der Waals surface area contributed by atoms with Crippen LogP contribution in [0.15, 0.2) is 72.0 Å². The van der Waals surface area contributed by atoms with E-state index in [1.54, 1.807) is 30.4 Å². The average Bonchev–Trinajstić information content (AvgIpc) is 3.33. The second kappa shape index (κ2) is 11.1. The van der Waals surface area contributed by atoms with Crippen LogP contribution in [0.25, 0.3) is 10.9 Å². The molecule has 4 aromatic rings. The molecule has 4 rings (SSSR count). The zero-order valence-corrected chi connectivity index (χ0v) is 18.3. The number of aliphatic hydroxyl groups is 1. The Hall–Kier alpha value is -2.94. The van der Waals surface area contributed by atoms with E-state index >= 15 is 0 Å². The maximum Gasteiger partial charge on any atom is 0.218 e. The Balaban J connectivity index is 1.45. The summed E-state index contributed by atoms with van der Waals surface area (Å²) in [6.45, 7) is 0.911. The van der Waals surface area contributed by atoms with E-state index in [2.05, 4.69) is 32.4 Å². The number of nitrogens with zero attached hydrogens (tertiary/aromatic N) is 2. The summed E-state index contributed by atoms with van der Waals surface area (Å²) in [6, 6.07) is 16.5. The minimum absolute atomic E-state index is 0.0187. The summed E-state index contributed by atoms with van der Waals surface area (Å²) < 4.78 is 19.7. The van der Waals surface area contributed by atoms with Crippen LogP contribution in [0.3, 0.4) is 0 Å². The summed E-state index contributed by atoms with van der Waals surface area (Å²) in [4.78, 5) is 12.8. The number of H-pyrrole nitrogens is 1. The number of aromatic amines is 1. The molecule has 0 unspecified atom stereocenters. The monoisotopic (exact) mass is 452 g/mol. The zero-order chi connectivity index (χ0) is 22.2. The molecule has 0 fully saturated rings. The lowest BCUT2D eigenvalue weighted by Crippen LogP contribution is -2.34. The SMILES string of the molecule is OC[C@H](Cc1cnc[nH]1)NCc1cc2ccc(F)cc2nc1OCCSc1ccccc1. The van der Waals surface area contributed by atoms with E-state index in [0.29, 0.717) is 31.0 Å². The third-order valence-corrected chi connectivity index (χ3v) is 5.95. The quantitative estimate of drug-likeness (QED) is 0.236. The number of pyridine rings is 1. The van der Waals surface area contributed by atoms with E-state index in [0.717, 1.165) is 22.4 Å². The van der Waals surface area contributed by atoms with Crippen LogP contribution in [0.5, 0.6) is 5.88 Å². The maximum absolute atomic E-state index is 13.7. The third-order valence-electron chi connectivity index (χ3n) is 4.98. The topological polar surface area (TPSA) is 83.1 Å². The van der Waals surface area contributed by atoms with Crippen molar-refractivity contribution in [1.29, 1.82) is 0 Å². The van der Waals surface area contributed by atoms with Gasteiger partial charge in [-0.1, -0.05) is 18.2 Å². The van der Waals surface area contributed by atoms with Crippen molar-refractivity contribution >= 4 is 22.7 Å². The smallest absolute Gasteiger partial charge is 0.218 e. The molecule has 32 heavy (non-hydrogen) atoms. The lowest BCUT2D eigenvalue weighted by atomic mass is 10.1. The van der Waals surface area contributed by atoms with Gasteiger partial charge < -0.3 is 20.1 Å². The largest absolute Gasteiger partial charge is 0.477 e. The van der Waals surface area contributed by atoms with E-state index in [4.69, 9.17) is 4.74 Å². The van der Waals surface area contributed by atoms with Gasteiger partial charge in [-0.3, -0.25) is 0 Å². The minimum Gasteiger partial charge on any atom is -0.477 e. The van der Waals surface area contributed by atoms with E-state index in [1.807, 2.05) is 24.3 Å². The minimum atomic E-state index is -0.332. The molecule has 6 nitrogen and oxygen atoms in total. The van der Waals surface area contributed by atoms with Crippen molar-refractivity contribution in [3.63, 3.8) is 0 Å². The van der Waals surface area contributed by atoms with Crippen LogP contribution in [0.4, 0.5) is 4.39 Å². The summed E-state index contributed by atoms with van der Waals surface area (Å²) in [5.41, 5.74) is 2.35. The predicted octanol–water partition coefficient (Wildman–Crippen LogP) is 3.96. The van der Waals surface area contributed by atoms with Crippen LogP contribution < -0.4 is 10.1 Å². The second-order valence-electron chi connectivity index (χ2n) is 7.34. The number of hydrogen-bond acceptors (Lipinski definition) is 6. The fourth-order valence-electron chi connectivity index (χ4n) is 3.35. The Kier molecular flexibility index (Phi) is 7.71. The van der Waals surface area contributed by atoms with Crippen molar-refractivity contribution in [3.8, 4) is 5.88 Å². The summed E-state index contributed by atoms with van der Waals surface area (Å²) in [5.74, 6) is 0.905. The van der Waals surface area contributed by atoms with Crippen LogP contribution >= 0.6 is 11.8 Å². The van der Waals surface area contributed by atoms with E-state index < -0.39 is 0 Å². The molecular weight excluding hydrogens is 427 g/mol. The highest BCUT2D eigenvalue weighted by atomic mass is 32.2. The molecule has 2 aromatic heterocycles. The Bertz CT molecular complexity index is 1130. The van der Waals surface area contributed by atoms with Crippen LogP contribution in [0.1, 0.15) is 11.3 Å². The fraction of sp³-hybridized carbons (Fsp3) is 0.250. The highest BCUT2D eigenvalue weighted by molar-refractivity contribution is 7.99. The number of nitrogens with one attached hydrogen (secondary N) is 2. The number of hydrogen-bond donors (Lipinski definition) is 3. The number of rotatable bonds is 11. The van der Waals surface area contributed by atoms with Crippen molar-refractivity contribution in [1.82, 2.24) is 20.3 Å². The van der Waals surface area contributed by atoms with Gasteiger partial charge in [0.05, 0.1) is 25.1 Å². The van der Waals surface area contributed by atoms with Gasteiger partial charge in [0.1, 0.15) is 5.82 Å². The molecule has 0 aliphatic heterocycles. The Morgan fingerprint density at radius 2 is 2.03 bits per heavy atom. The Morgan fingerprint density at radius 1 is 1.16 bits per heavy atom. The van der Waals surface area contributed by atoms with Crippen molar-refractivity contribution < 1.29 is 14.2 Å². The van der Waals surface area contributed by atoms with Crippen molar-refractivity contribution in [2.24, 2.45) is 0 Å². The fourth-order valence-corrected chi connectivity index (χ4v) is 4.10. The first-order valence-electron chi connectivity index (χ1n) is 10.4. The molecule has 166 valence electrons. The number of halogens is 1. The molecule has 0 radical (unpaired) electrons. The summed E-state index contributed by atoms with van der Waals surface area (Å²) in [7, 11) is 0. The summed E-state index contributed by atoms with van der Waals surface area (Å²) >= 11 is 1.70. The molecule has 8 heteroatoms. The highest BCUT2D eigenvalue weighted by Gasteiger charge is 2.14. The van der Waals surface area contributed by atoms with Gasteiger partial charge in [0.2, 0.25) is 5.88 Å². The Morgan fingerprint density at radius 3 is 2.81 bits per heavy atom. The van der Waals surface area contributed by atoms with Gasteiger partial charge in [-0.15, -0.1) is 11.8 Å². The molecule has 2 heterocycles. The summed E-state index contributed by atoms with van der Waals surface area (Å²) in [5, 5.41) is 14.0. The van der Waals surface area contributed by atoms with Crippen molar-refractivity contribution in [2.45, 2.75) is 23.9 Å². The summed E-state index contributed by atoms with van der Waals surface area (Å²) in [6.07, 6.45) is 3.98. The molecule has 0 bridgehead atoms. The number of imidazole rings is 1. The molecule has 0 aliphatic carbocycles. The van der Waals surface area contributed by atoms with Gasteiger partial charge >= 0.3 is 0 Å². The van der Waals surface area contributed by atoms with E-state index in [-0.39, 0.29) is 18.5 Å². The van der Waals surface area contributed by atoms with Crippen LogP contribution in [0, 0.1) is 5.82 Å². The maximum atomic E-state index is 13.7. The van der Waals surface area contributed by atoms with Crippen molar-refractivity contribution in [2.75, 3.05) is 19.0 Å². The van der Waals surface area contributed by atoms with Gasteiger partial charge in [-0.25, -0.2) is 14.4 Å². The van der Waals surface area contributed by atoms with Crippen molar-refractivity contribution in [3.05, 3.63) is 84.2 Å². The van der Waals surface area contributed by atoms with Gasteiger partial charge in [-0.2, -0.15) is 0 Å². The van der Waals surface area contributed by atoms with Gasteiger partial charge in [-0.05, 0) is 30.3 Å². The normalized spacial score (nSPS) is 12.2. The molecule has 0 aliphatic rings. The van der Waals surface area contributed by atoms with E-state index in [9.17, 15) is 9.50 Å². The second-order valence-corrected chi connectivity index (χ2v) is 8.51. The van der Waals surface area contributed by atoms with Gasteiger partial charge in [0.25, 0.3) is 0 Å². The first-order valence-corrected chi connectivity index (χ1v) is 11.4. The first kappa shape index (κ1) is 22.3. The average molecular weight is 453 g/mol. The molecule has 0 amide bonds. The highest BCUT2D eigenvalue weighted by Crippen LogP contribution is 2.24. The Labute approximate surface area is 190 Å². The lowest BCUT2D eigenvalue weighted by molar-refractivity contribution is 0.239. The number of benzene rings is 2. The first-order chi connectivity index (χ1) is 15.7. The number of thioether (sulfide) groups is 1. The predicted molar refractivity (Wildman–Crippen MR) is 124 cm³/mol. The number of fused-ring (bicyclic) bond motifs is 1. The third kappa shape index (κ3) is 6.06. The molecule has 3 N–H and O–H groups in total. The van der Waals surface area contributed by atoms with Gasteiger partial charge in [0, 0.05) is 58.6 Å². The molecule has 2 aromatic carbocycles. The van der Waals surface area contributed by atoms with Crippen LogP contribution in [-0.2, 0) is 13.0 Å². The molecule has 0 saturated heterocycles. The van der Waals surface area contributed by atoms with Crippen LogP contribution in [-0.4, -0.2) is 45.1 Å². The van der Waals surface area contributed by atoms with Crippen LogP contribution in [0.2, 0.25) is 0 Å². The number of ether oxygens (including phenoxy) is 1. The van der Waals surface area contributed by atoms with E-state index in [1.165, 1.54) is 17.0 Å². The molecular formula is C24H25FN4O2S. The number of aromatic nitrogens is 3.